The van der Waals surface area contributed by atoms with Crippen LogP contribution in [0.25, 0.3) is 0 Å². The average Bonchev–Trinajstić information content (AvgIpc) is 1.82. The standard InChI is InChI=1S/C8H15O/c1-4-8(6-9)5-7(2)3/h7-9H,1,5-6H2,2-3H3. The summed E-state index contributed by atoms with van der Waals surface area (Å²) in [5, 5.41) is 8.67. The van der Waals surface area contributed by atoms with Crippen molar-refractivity contribution >= 4 is 0 Å². The first-order valence-electron chi connectivity index (χ1n) is 3.34. The van der Waals surface area contributed by atoms with Crippen LogP contribution < -0.4 is 0 Å². The molecule has 0 bridgehead atoms. The molecule has 9 heavy (non-hydrogen) atoms. The van der Waals surface area contributed by atoms with Crippen LogP contribution in [-0.4, -0.2) is 11.7 Å². The minimum Gasteiger partial charge on any atom is -0.396 e. The Balaban J connectivity index is 3.42. The second kappa shape index (κ2) is 4.57. The summed E-state index contributed by atoms with van der Waals surface area (Å²) in [4.78, 5) is 0. The minimum absolute atomic E-state index is 0.171. The van der Waals surface area contributed by atoms with Crippen molar-refractivity contribution in [3.63, 3.8) is 0 Å². The van der Waals surface area contributed by atoms with E-state index in [1.165, 1.54) is 0 Å². The molecule has 0 fully saturated rings. The quantitative estimate of drug-likeness (QED) is 0.608. The zero-order valence-electron chi connectivity index (χ0n) is 6.22. The van der Waals surface area contributed by atoms with Crippen LogP contribution in [0, 0.1) is 17.9 Å². The molecule has 0 aliphatic carbocycles. The Bertz CT molecular complexity index is 76.6. The van der Waals surface area contributed by atoms with Crippen LogP contribution in [0.2, 0.25) is 0 Å². The van der Waals surface area contributed by atoms with Crippen LogP contribution in [-0.2, 0) is 0 Å². The summed E-state index contributed by atoms with van der Waals surface area (Å²) >= 11 is 0. The molecule has 1 heteroatoms. The van der Waals surface area contributed by atoms with Gasteiger partial charge in [0.15, 0.2) is 0 Å². The molecule has 0 amide bonds. The van der Waals surface area contributed by atoms with Crippen LogP contribution in [0.1, 0.15) is 20.3 Å². The van der Waals surface area contributed by atoms with Crippen molar-refractivity contribution in [3.05, 3.63) is 12.7 Å². The smallest absolute Gasteiger partial charge is 0.0499 e. The highest BCUT2D eigenvalue weighted by molar-refractivity contribution is 4.70. The van der Waals surface area contributed by atoms with E-state index >= 15 is 0 Å². The monoisotopic (exact) mass is 127 g/mol. The van der Waals surface area contributed by atoms with E-state index < -0.39 is 0 Å². The number of hydrogen-bond acceptors (Lipinski definition) is 1. The van der Waals surface area contributed by atoms with Gasteiger partial charge in [-0.15, -0.1) is 0 Å². The predicted octanol–water partition coefficient (Wildman–Crippen LogP) is 1.63. The number of rotatable bonds is 4. The van der Waals surface area contributed by atoms with E-state index in [9.17, 15) is 0 Å². The molecule has 0 aliphatic heterocycles. The SMILES string of the molecule is C=[C]C(CO)CC(C)C. The molecule has 0 aromatic carbocycles. The zero-order chi connectivity index (χ0) is 7.28. The van der Waals surface area contributed by atoms with Crippen molar-refractivity contribution in [2.45, 2.75) is 20.3 Å². The Hall–Kier alpha value is -0.300. The molecule has 1 atom stereocenters. The van der Waals surface area contributed by atoms with Gasteiger partial charge in [0.1, 0.15) is 0 Å². The van der Waals surface area contributed by atoms with E-state index in [2.05, 4.69) is 26.5 Å². The van der Waals surface area contributed by atoms with E-state index in [0.717, 1.165) is 6.42 Å². The van der Waals surface area contributed by atoms with E-state index in [1.807, 2.05) is 0 Å². The molecule has 1 N–H and O–H groups in total. The Labute approximate surface area is 57.4 Å². The van der Waals surface area contributed by atoms with Gasteiger partial charge in [-0.1, -0.05) is 20.4 Å². The summed E-state index contributed by atoms with van der Waals surface area (Å²) in [6, 6.07) is 0. The molecule has 0 aromatic rings. The van der Waals surface area contributed by atoms with Gasteiger partial charge < -0.3 is 5.11 Å². The average molecular weight is 127 g/mol. The molecular formula is C8H15O. The van der Waals surface area contributed by atoms with E-state index in [4.69, 9.17) is 5.11 Å². The van der Waals surface area contributed by atoms with Gasteiger partial charge in [0.2, 0.25) is 0 Å². The fourth-order valence-corrected chi connectivity index (χ4v) is 0.791. The van der Waals surface area contributed by atoms with Gasteiger partial charge in [-0.2, -0.15) is 0 Å². The van der Waals surface area contributed by atoms with Crippen molar-refractivity contribution in [2.24, 2.45) is 11.8 Å². The summed E-state index contributed by atoms with van der Waals surface area (Å²) < 4.78 is 0. The van der Waals surface area contributed by atoms with Crippen molar-refractivity contribution in [3.8, 4) is 0 Å². The lowest BCUT2D eigenvalue weighted by Crippen LogP contribution is -2.05. The number of aliphatic hydroxyl groups excluding tert-OH is 1. The van der Waals surface area contributed by atoms with Gasteiger partial charge in [-0.3, -0.25) is 0 Å². The van der Waals surface area contributed by atoms with Gasteiger partial charge in [-0.25, -0.2) is 0 Å². The maximum atomic E-state index is 8.67. The summed E-state index contributed by atoms with van der Waals surface area (Å²) in [6.07, 6.45) is 3.77. The summed E-state index contributed by atoms with van der Waals surface area (Å²) in [5.74, 6) is 0.793. The number of hydrogen-bond donors (Lipinski definition) is 1. The molecule has 0 rings (SSSR count). The summed E-state index contributed by atoms with van der Waals surface area (Å²) in [7, 11) is 0. The first kappa shape index (κ1) is 8.70. The fraction of sp³-hybridized carbons (Fsp3) is 0.750. The van der Waals surface area contributed by atoms with Crippen molar-refractivity contribution in [1.82, 2.24) is 0 Å². The zero-order valence-corrected chi connectivity index (χ0v) is 6.22. The molecule has 53 valence electrons. The lowest BCUT2D eigenvalue weighted by molar-refractivity contribution is 0.231. The largest absolute Gasteiger partial charge is 0.396 e. The van der Waals surface area contributed by atoms with Gasteiger partial charge in [-0.05, 0) is 18.4 Å². The van der Waals surface area contributed by atoms with Gasteiger partial charge in [0, 0.05) is 12.5 Å². The van der Waals surface area contributed by atoms with Crippen LogP contribution in [0.5, 0.6) is 0 Å². The predicted molar refractivity (Wildman–Crippen MR) is 38.9 cm³/mol. The highest BCUT2D eigenvalue weighted by Crippen LogP contribution is 2.10. The minimum atomic E-state index is 0.171. The normalized spacial score (nSPS) is 13.8. The maximum absolute atomic E-state index is 8.67. The molecular weight excluding hydrogens is 112 g/mol. The first-order valence-corrected chi connectivity index (χ1v) is 3.34. The van der Waals surface area contributed by atoms with Crippen LogP contribution in [0.3, 0.4) is 0 Å². The Morgan fingerprint density at radius 3 is 2.22 bits per heavy atom. The van der Waals surface area contributed by atoms with E-state index in [0.29, 0.717) is 5.92 Å². The molecule has 0 aromatic heterocycles. The molecule has 0 saturated carbocycles. The second-order valence-corrected chi connectivity index (χ2v) is 2.71. The molecule has 0 aliphatic rings. The van der Waals surface area contributed by atoms with Crippen molar-refractivity contribution < 1.29 is 5.11 Å². The Morgan fingerprint density at radius 1 is 1.56 bits per heavy atom. The Morgan fingerprint density at radius 2 is 2.11 bits per heavy atom. The molecule has 0 heterocycles. The van der Waals surface area contributed by atoms with Crippen LogP contribution >= 0.6 is 0 Å². The van der Waals surface area contributed by atoms with Gasteiger partial charge in [0.05, 0.1) is 0 Å². The summed E-state index contributed by atoms with van der Waals surface area (Å²) in [5.41, 5.74) is 0. The number of aliphatic hydroxyl groups is 1. The molecule has 0 saturated heterocycles. The third kappa shape index (κ3) is 4.22. The third-order valence-electron chi connectivity index (χ3n) is 1.26. The van der Waals surface area contributed by atoms with Crippen LogP contribution in [0.15, 0.2) is 6.58 Å². The molecule has 1 nitrogen and oxygen atoms in total. The Kier molecular flexibility index (Phi) is 4.41. The summed E-state index contributed by atoms with van der Waals surface area (Å²) in [6.45, 7) is 7.93. The van der Waals surface area contributed by atoms with Crippen molar-refractivity contribution in [2.75, 3.05) is 6.61 Å². The van der Waals surface area contributed by atoms with Crippen LogP contribution in [0.4, 0.5) is 0 Å². The van der Waals surface area contributed by atoms with E-state index in [-0.39, 0.29) is 12.5 Å². The lowest BCUT2D eigenvalue weighted by atomic mass is 9.98. The maximum Gasteiger partial charge on any atom is 0.0499 e. The van der Waals surface area contributed by atoms with Gasteiger partial charge >= 0.3 is 0 Å². The second-order valence-electron chi connectivity index (χ2n) is 2.71. The molecule has 1 unspecified atom stereocenters. The van der Waals surface area contributed by atoms with Gasteiger partial charge in [0.25, 0.3) is 0 Å². The molecule has 1 radical (unpaired) electrons. The van der Waals surface area contributed by atoms with Crippen molar-refractivity contribution in [1.29, 1.82) is 0 Å². The first-order chi connectivity index (χ1) is 4.20. The highest BCUT2D eigenvalue weighted by Gasteiger charge is 2.04. The highest BCUT2D eigenvalue weighted by atomic mass is 16.3. The van der Waals surface area contributed by atoms with E-state index in [1.54, 1.807) is 0 Å². The fourth-order valence-electron chi connectivity index (χ4n) is 0.791. The topological polar surface area (TPSA) is 20.2 Å². The lowest BCUT2D eigenvalue weighted by Gasteiger charge is -2.09. The third-order valence-corrected chi connectivity index (χ3v) is 1.26. The molecule has 0 spiro atoms.